The second-order valence-electron chi connectivity index (χ2n) is 10.0. The molecule has 202 valence electrons. The average Bonchev–Trinajstić information content (AvgIpc) is 3.65. The summed E-state index contributed by atoms with van der Waals surface area (Å²) in [5.74, 6) is 0.250. The van der Waals surface area contributed by atoms with Crippen LogP contribution in [0.5, 0.6) is 5.75 Å². The van der Waals surface area contributed by atoms with Crippen LogP contribution in [0.15, 0.2) is 57.9 Å². The first-order valence-corrected chi connectivity index (χ1v) is 15.0. The minimum Gasteiger partial charge on any atom is -0.484 e. The van der Waals surface area contributed by atoms with E-state index in [2.05, 4.69) is 21.2 Å². The maximum absolute atomic E-state index is 13.5. The zero-order chi connectivity index (χ0) is 27.8. The Labute approximate surface area is 238 Å². The number of amides is 1. The Morgan fingerprint density at radius 3 is 2.18 bits per heavy atom. The van der Waals surface area contributed by atoms with E-state index in [0.29, 0.717) is 27.9 Å². The van der Waals surface area contributed by atoms with Crippen LogP contribution in [0.1, 0.15) is 40.7 Å². The number of carbonyl (C=O) groups is 1. The first kappa shape index (κ1) is 28.5. The molecule has 1 amide bonds. The Morgan fingerprint density at radius 2 is 1.63 bits per heavy atom. The highest BCUT2D eigenvalue weighted by molar-refractivity contribution is 9.10. The van der Waals surface area contributed by atoms with Gasteiger partial charge in [0.2, 0.25) is 0 Å². The van der Waals surface area contributed by atoms with Crippen molar-refractivity contribution in [1.82, 2.24) is 5.32 Å². The molecule has 3 aromatic carbocycles. The van der Waals surface area contributed by atoms with E-state index in [1.807, 2.05) is 52.0 Å². The van der Waals surface area contributed by atoms with Crippen molar-refractivity contribution in [3.8, 4) is 5.75 Å². The van der Waals surface area contributed by atoms with E-state index in [1.54, 1.807) is 31.3 Å². The number of nitrogens with one attached hydrogen (secondary N) is 1. The molecule has 1 aliphatic carbocycles. The molecule has 3 aromatic rings. The molecule has 0 aromatic heterocycles. The van der Waals surface area contributed by atoms with E-state index in [0.717, 1.165) is 45.1 Å². The quantitative estimate of drug-likeness (QED) is 0.301. The number of nitrogens with zero attached hydrogens (tertiary/aromatic N) is 1. The molecule has 0 heterocycles. The summed E-state index contributed by atoms with van der Waals surface area (Å²) in [6.45, 7) is 7.87. The Bertz CT molecular complexity index is 1460. The van der Waals surface area contributed by atoms with Crippen molar-refractivity contribution in [3.63, 3.8) is 0 Å². The maximum atomic E-state index is 13.5. The van der Waals surface area contributed by atoms with Gasteiger partial charge in [-0.05, 0) is 105 Å². The molecule has 6 nitrogen and oxygen atoms in total. The molecule has 0 atom stereocenters. The number of hydrogen-bond acceptors (Lipinski definition) is 4. The third-order valence-electron chi connectivity index (χ3n) is 7.47. The van der Waals surface area contributed by atoms with Gasteiger partial charge in [-0.1, -0.05) is 39.7 Å². The van der Waals surface area contributed by atoms with Crippen molar-refractivity contribution < 1.29 is 17.9 Å². The molecule has 0 unspecified atom stereocenters. The molecular weight excluding hydrogens is 588 g/mol. The fourth-order valence-corrected chi connectivity index (χ4v) is 7.32. The summed E-state index contributed by atoms with van der Waals surface area (Å²) in [5, 5.41) is 3.65. The van der Waals surface area contributed by atoms with Crippen molar-refractivity contribution in [1.29, 1.82) is 0 Å². The number of rotatable bonds is 9. The molecule has 1 saturated carbocycles. The summed E-state index contributed by atoms with van der Waals surface area (Å²) in [6, 6.07) is 14.5. The highest BCUT2D eigenvalue weighted by atomic mass is 79.9. The van der Waals surface area contributed by atoms with Crippen LogP contribution < -0.4 is 14.4 Å². The normalized spacial score (nSPS) is 14.2. The first-order valence-electron chi connectivity index (χ1n) is 12.4. The van der Waals surface area contributed by atoms with Crippen LogP contribution in [-0.2, 0) is 20.2 Å². The van der Waals surface area contributed by atoms with Gasteiger partial charge in [0.25, 0.3) is 15.9 Å². The van der Waals surface area contributed by atoms with Crippen LogP contribution in [0.25, 0.3) is 0 Å². The summed E-state index contributed by atoms with van der Waals surface area (Å²) in [7, 11) is -2.22. The second kappa shape index (κ2) is 10.9. The van der Waals surface area contributed by atoms with Gasteiger partial charge < -0.3 is 10.1 Å². The van der Waals surface area contributed by atoms with Gasteiger partial charge in [0, 0.05) is 28.5 Å². The molecule has 9 heteroatoms. The molecule has 4 rings (SSSR count). The Kier molecular flexibility index (Phi) is 8.17. The van der Waals surface area contributed by atoms with E-state index in [4.69, 9.17) is 16.3 Å². The fourth-order valence-electron chi connectivity index (χ4n) is 4.68. The lowest BCUT2D eigenvalue weighted by molar-refractivity contribution is -0.123. The molecule has 38 heavy (non-hydrogen) atoms. The largest absolute Gasteiger partial charge is 0.484 e. The number of benzene rings is 3. The zero-order valence-electron chi connectivity index (χ0n) is 22.2. The van der Waals surface area contributed by atoms with E-state index in [1.165, 1.54) is 4.31 Å². The lowest BCUT2D eigenvalue weighted by Gasteiger charge is -2.24. The van der Waals surface area contributed by atoms with Gasteiger partial charge in [-0.25, -0.2) is 8.42 Å². The van der Waals surface area contributed by atoms with Crippen LogP contribution in [0, 0.1) is 27.7 Å². The molecule has 0 saturated heterocycles. The Hall–Kier alpha value is -2.55. The van der Waals surface area contributed by atoms with Crippen molar-refractivity contribution >= 4 is 49.1 Å². The first-order chi connectivity index (χ1) is 17.9. The molecule has 0 aliphatic heterocycles. The minimum absolute atomic E-state index is 0.127. The molecule has 1 fully saturated rings. The second-order valence-corrected chi connectivity index (χ2v) is 13.3. The van der Waals surface area contributed by atoms with Gasteiger partial charge in [0.15, 0.2) is 6.61 Å². The summed E-state index contributed by atoms with van der Waals surface area (Å²) < 4.78 is 34.9. The third-order valence-corrected chi connectivity index (χ3v) is 10.3. The van der Waals surface area contributed by atoms with Gasteiger partial charge in [-0.15, -0.1) is 0 Å². The smallest absolute Gasteiger partial charge is 0.264 e. The zero-order valence-corrected chi connectivity index (χ0v) is 25.4. The average molecular weight is 620 g/mol. The van der Waals surface area contributed by atoms with Crippen LogP contribution in [0.4, 0.5) is 5.69 Å². The topological polar surface area (TPSA) is 75.7 Å². The van der Waals surface area contributed by atoms with Crippen molar-refractivity contribution in [2.45, 2.75) is 50.8 Å². The highest BCUT2D eigenvalue weighted by Crippen LogP contribution is 2.50. The van der Waals surface area contributed by atoms with Crippen LogP contribution >= 0.6 is 27.5 Å². The van der Waals surface area contributed by atoms with E-state index < -0.39 is 10.0 Å². The van der Waals surface area contributed by atoms with Crippen LogP contribution in [-0.4, -0.2) is 34.5 Å². The monoisotopic (exact) mass is 618 g/mol. The number of aryl methyl sites for hydroxylation is 2. The number of carbonyl (C=O) groups excluding carboxylic acids is 1. The molecule has 0 radical (unpaired) electrons. The van der Waals surface area contributed by atoms with Gasteiger partial charge in [-0.3, -0.25) is 9.10 Å². The maximum Gasteiger partial charge on any atom is 0.264 e. The molecule has 1 N–H and O–H groups in total. The Morgan fingerprint density at radius 1 is 1.03 bits per heavy atom. The standard InChI is InChI=1S/C29H32BrClN2O4S/c1-18-14-19(2)21(4)28(20(18)3)38(35,36)33(5)23-7-9-24(10-8-23)37-16-27(34)32-17-29(12-13-29)25-11-6-22(30)15-26(25)31/h6-11,14-15H,12-13,16-17H2,1-5H3,(H,32,34). The predicted molar refractivity (Wildman–Crippen MR) is 156 cm³/mol. The van der Waals surface area contributed by atoms with E-state index in [-0.39, 0.29) is 17.9 Å². The fraction of sp³-hybridized carbons (Fsp3) is 0.345. The van der Waals surface area contributed by atoms with Crippen molar-refractivity contribution in [2.75, 3.05) is 24.5 Å². The minimum atomic E-state index is -3.76. The van der Waals surface area contributed by atoms with Crippen LogP contribution in [0.2, 0.25) is 5.02 Å². The highest BCUT2D eigenvalue weighted by Gasteiger charge is 2.45. The van der Waals surface area contributed by atoms with Crippen LogP contribution in [0.3, 0.4) is 0 Å². The predicted octanol–water partition coefficient (Wildman–Crippen LogP) is 6.39. The van der Waals surface area contributed by atoms with Gasteiger partial charge in [0.1, 0.15) is 5.75 Å². The van der Waals surface area contributed by atoms with E-state index in [9.17, 15) is 13.2 Å². The third kappa shape index (κ3) is 5.72. The lowest BCUT2D eigenvalue weighted by atomic mass is 9.96. The summed E-state index contributed by atoms with van der Waals surface area (Å²) in [4.78, 5) is 12.8. The molecular formula is C29H32BrClN2O4S. The molecule has 0 bridgehead atoms. The number of ether oxygens (including phenoxy) is 1. The lowest BCUT2D eigenvalue weighted by Crippen LogP contribution is -2.35. The molecule has 0 spiro atoms. The van der Waals surface area contributed by atoms with Gasteiger partial charge in [-0.2, -0.15) is 0 Å². The van der Waals surface area contributed by atoms with Crippen molar-refractivity contribution in [3.05, 3.63) is 85.8 Å². The van der Waals surface area contributed by atoms with E-state index >= 15 is 0 Å². The number of anilines is 1. The summed E-state index contributed by atoms with van der Waals surface area (Å²) >= 11 is 9.86. The van der Waals surface area contributed by atoms with Gasteiger partial charge in [0.05, 0.1) is 10.6 Å². The summed E-state index contributed by atoms with van der Waals surface area (Å²) in [5.41, 5.74) is 4.80. The molecule has 1 aliphatic rings. The number of halogens is 2. The van der Waals surface area contributed by atoms with Gasteiger partial charge >= 0.3 is 0 Å². The Balaban J connectivity index is 1.37. The number of sulfonamides is 1. The summed E-state index contributed by atoms with van der Waals surface area (Å²) in [6.07, 6.45) is 1.93. The SMILES string of the molecule is Cc1cc(C)c(C)c(S(=O)(=O)N(C)c2ccc(OCC(=O)NCC3(c4ccc(Br)cc4Cl)CC3)cc2)c1C. The number of hydrogen-bond donors (Lipinski definition) is 1. The van der Waals surface area contributed by atoms with Crippen molar-refractivity contribution in [2.24, 2.45) is 0 Å².